The minimum absolute atomic E-state index is 0.0876. The Balaban J connectivity index is 2.21. The maximum Gasteiger partial charge on any atom is 0.274 e. The molecule has 1 aliphatic rings. The van der Waals surface area contributed by atoms with Crippen LogP contribution in [0.25, 0.3) is 0 Å². The molecule has 0 radical (unpaired) electrons. The SMILES string of the molecule is CCNc1ccc(Cl)c(C(=O)N2CCN(C)CC2C)n1. The number of halogens is 1. The highest BCUT2D eigenvalue weighted by atomic mass is 35.5. The van der Waals surface area contributed by atoms with Crippen LogP contribution in [0.4, 0.5) is 5.82 Å². The van der Waals surface area contributed by atoms with E-state index in [-0.39, 0.29) is 11.9 Å². The molecule has 1 fully saturated rings. The molecular weight excluding hydrogens is 276 g/mol. The van der Waals surface area contributed by atoms with Crippen LogP contribution in [-0.2, 0) is 0 Å². The van der Waals surface area contributed by atoms with Gasteiger partial charge in [0, 0.05) is 32.2 Å². The highest BCUT2D eigenvalue weighted by Gasteiger charge is 2.28. The maximum absolute atomic E-state index is 12.6. The molecule has 1 aromatic rings. The monoisotopic (exact) mass is 296 g/mol. The molecule has 1 amide bonds. The van der Waals surface area contributed by atoms with Gasteiger partial charge in [0.1, 0.15) is 11.5 Å². The van der Waals surface area contributed by atoms with Gasteiger partial charge in [-0.05, 0) is 33.0 Å². The fourth-order valence-corrected chi connectivity index (χ4v) is 2.64. The van der Waals surface area contributed by atoms with Crippen LogP contribution in [0.3, 0.4) is 0 Å². The van der Waals surface area contributed by atoms with Crippen LogP contribution in [0.2, 0.25) is 5.02 Å². The Morgan fingerprint density at radius 1 is 1.50 bits per heavy atom. The van der Waals surface area contributed by atoms with Gasteiger partial charge in [-0.3, -0.25) is 4.79 Å². The summed E-state index contributed by atoms with van der Waals surface area (Å²) < 4.78 is 0. The number of carbonyl (C=O) groups excluding carboxylic acids is 1. The molecule has 0 aliphatic carbocycles. The first-order valence-electron chi connectivity index (χ1n) is 6.92. The zero-order valence-corrected chi connectivity index (χ0v) is 12.9. The maximum atomic E-state index is 12.6. The van der Waals surface area contributed by atoms with Crippen molar-refractivity contribution in [2.45, 2.75) is 19.9 Å². The second-order valence-electron chi connectivity index (χ2n) is 5.17. The zero-order chi connectivity index (χ0) is 14.7. The minimum Gasteiger partial charge on any atom is -0.370 e. The second-order valence-corrected chi connectivity index (χ2v) is 5.57. The Hall–Kier alpha value is -1.33. The Morgan fingerprint density at radius 3 is 2.90 bits per heavy atom. The zero-order valence-electron chi connectivity index (χ0n) is 12.2. The summed E-state index contributed by atoms with van der Waals surface area (Å²) in [5.74, 6) is 0.595. The van der Waals surface area contributed by atoms with E-state index >= 15 is 0 Å². The van der Waals surface area contributed by atoms with Crippen LogP contribution in [0.5, 0.6) is 0 Å². The third kappa shape index (κ3) is 3.22. The lowest BCUT2D eigenvalue weighted by molar-refractivity contribution is 0.0528. The molecule has 0 spiro atoms. The number of nitrogens with one attached hydrogen (secondary N) is 1. The summed E-state index contributed by atoms with van der Waals surface area (Å²) in [6, 6.07) is 3.68. The van der Waals surface area contributed by atoms with Gasteiger partial charge >= 0.3 is 0 Å². The summed E-state index contributed by atoms with van der Waals surface area (Å²) in [5, 5.41) is 3.51. The highest BCUT2D eigenvalue weighted by Crippen LogP contribution is 2.20. The Bertz CT molecular complexity index is 494. The fourth-order valence-electron chi connectivity index (χ4n) is 2.45. The van der Waals surface area contributed by atoms with Gasteiger partial charge in [0.2, 0.25) is 0 Å². The average Bonchev–Trinajstić information content (AvgIpc) is 2.40. The Kier molecular flexibility index (Phi) is 4.83. The van der Waals surface area contributed by atoms with Gasteiger partial charge < -0.3 is 15.1 Å². The summed E-state index contributed by atoms with van der Waals surface area (Å²) in [5.41, 5.74) is 0.335. The molecule has 2 rings (SSSR count). The first-order valence-corrected chi connectivity index (χ1v) is 7.30. The molecule has 0 bridgehead atoms. The van der Waals surface area contributed by atoms with Crippen molar-refractivity contribution in [3.8, 4) is 0 Å². The number of carbonyl (C=O) groups is 1. The van der Waals surface area contributed by atoms with Gasteiger partial charge in [0.05, 0.1) is 5.02 Å². The molecule has 6 heteroatoms. The van der Waals surface area contributed by atoms with Crippen molar-refractivity contribution < 1.29 is 4.79 Å². The summed E-state index contributed by atoms with van der Waals surface area (Å²) in [6.07, 6.45) is 0. The van der Waals surface area contributed by atoms with E-state index in [1.54, 1.807) is 12.1 Å². The van der Waals surface area contributed by atoms with Gasteiger partial charge in [-0.25, -0.2) is 4.98 Å². The molecule has 1 aliphatic heterocycles. The van der Waals surface area contributed by atoms with Crippen molar-refractivity contribution in [1.29, 1.82) is 0 Å². The standard InChI is InChI=1S/C14H21ClN4O/c1-4-16-12-6-5-11(15)13(17-12)14(20)19-8-7-18(3)9-10(19)2/h5-6,10H,4,7-9H2,1-3H3,(H,16,17). The van der Waals surface area contributed by atoms with Crippen molar-refractivity contribution in [3.63, 3.8) is 0 Å². The topological polar surface area (TPSA) is 48.5 Å². The number of hydrogen-bond donors (Lipinski definition) is 1. The predicted molar refractivity (Wildman–Crippen MR) is 81.4 cm³/mol. The van der Waals surface area contributed by atoms with Gasteiger partial charge in [0.25, 0.3) is 5.91 Å². The van der Waals surface area contributed by atoms with E-state index in [4.69, 9.17) is 11.6 Å². The summed E-state index contributed by atoms with van der Waals surface area (Å²) >= 11 is 6.14. The van der Waals surface area contributed by atoms with Crippen LogP contribution in [0.1, 0.15) is 24.3 Å². The lowest BCUT2D eigenvalue weighted by Gasteiger charge is -2.38. The Morgan fingerprint density at radius 2 is 2.25 bits per heavy atom. The molecule has 20 heavy (non-hydrogen) atoms. The number of nitrogens with zero attached hydrogens (tertiary/aromatic N) is 3. The molecular formula is C14H21ClN4O. The van der Waals surface area contributed by atoms with Crippen molar-refractivity contribution >= 4 is 23.3 Å². The van der Waals surface area contributed by atoms with E-state index in [0.29, 0.717) is 23.1 Å². The summed E-state index contributed by atoms with van der Waals surface area (Å²) in [6.45, 7) is 7.25. The van der Waals surface area contributed by atoms with Crippen LogP contribution in [0, 0.1) is 0 Å². The van der Waals surface area contributed by atoms with Gasteiger partial charge in [-0.2, -0.15) is 0 Å². The molecule has 0 aromatic carbocycles. The molecule has 1 unspecified atom stereocenters. The van der Waals surface area contributed by atoms with E-state index in [2.05, 4.69) is 29.2 Å². The molecule has 0 saturated carbocycles. The lowest BCUT2D eigenvalue weighted by Crippen LogP contribution is -2.52. The average molecular weight is 297 g/mol. The Labute approximate surface area is 124 Å². The van der Waals surface area contributed by atoms with Gasteiger partial charge in [-0.1, -0.05) is 11.6 Å². The molecule has 1 atom stereocenters. The molecule has 1 saturated heterocycles. The second kappa shape index (κ2) is 6.41. The molecule has 110 valence electrons. The molecule has 1 aromatic heterocycles. The quantitative estimate of drug-likeness (QED) is 0.926. The van der Waals surface area contributed by atoms with E-state index in [1.807, 2.05) is 11.8 Å². The fraction of sp³-hybridized carbons (Fsp3) is 0.571. The number of aromatic nitrogens is 1. The highest BCUT2D eigenvalue weighted by molar-refractivity contribution is 6.33. The van der Waals surface area contributed by atoms with Gasteiger partial charge in [0.15, 0.2) is 0 Å². The number of piperazine rings is 1. The third-order valence-electron chi connectivity index (χ3n) is 3.50. The number of rotatable bonds is 3. The van der Waals surface area contributed by atoms with Crippen molar-refractivity contribution in [3.05, 3.63) is 22.8 Å². The normalized spacial score (nSPS) is 20.0. The van der Waals surface area contributed by atoms with Crippen molar-refractivity contribution in [2.75, 3.05) is 38.5 Å². The van der Waals surface area contributed by atoms with E-state index in [9.17, 15) is 4.79 Å². The number of amides is 1. The first kappa shape index (κ1) is 15.1. The largest absolute Gasteiger partial charge is 0.370 e. The number of pyridine rings is 1. The third-order valence-corrected chi connectivity index (χ3v) is 3.80. The van der Waals surface area contributed by atoms with Crippen molar-refractivity contribution in [1.82, 2.24) is 14.8 Å². The first-order chi connectivity index (χ1) is 9.52. The molecule has 5 nitrogen and oxygen atoms in total. The molecule has 2 heterocycles. The molecule has 1 N–H and O–H groups in total. The predicted octanol–water partition coefficient (Wildman–Crippen LogP) is 1.94. The number of anilines is 1. The minimum atomic E-state index is -0.0876. The number of hydrogen-bond acceptors (Lipinski definition) is 4. The van der Waals surface area contributed by atoms with Crippen LogP contribution < -0.4 is 5.32 Å². The summed E-state index contributed by atoms with van der Waals surface area (Å²) in [4.78, 5) is 21.0. The van der Waals surface area contributed by atoms with E-state index in [1.165, 1.54) is 0 Å². The van der Waals surface area contributed by atoms with Crippen molar-refractivity contribution in [2.24, 2.45) is 0 Å². The van der Waals surface area contributed by atoms with E-state index < -0.39 is 0 Å². The smallest absolute Gasteiger partial charge is 0.274 e. The summed E-state index contributed by atoms with van der Waals surface area (Å²) in [7, 11) is 2.06. The lowest BCUT2D eigenvalue weighted by atomic mass is 10.1. The van der Waals surface area contributed by atoms with E-state index in [0.717, 1.165) is 19.6 Å². The van der Waals surface area contributed by atoms with Crippen LogP contribution >= 0.6 is 11.6 Å². The van der Waals surface area contributed by atoms with Crippen LogP contribution in [0.15, 0.2) is 12.1 Å². The van der Waals surface area contributed by atoms with Crippen LogP contribution in [-0.4, -0.2) is 60.0 Å². The number of likely N-dealkylation sites (N-methyl/N-ethyl adjacent to an activating group) is 1. The van der Waals surface area contributed by atoms with Gasteiger partial charge in [-0.15, -0.1) is 0 Å².